The number of nitrogens with zero attached hydrogens (tertiary/aromatic N) is 2. The van der Waals surface area contributed by atoms with Crippen molar-refractivity contribution in [3.8, 4) is 16.9 Å². The summed E-state index contributed by atoms with van der Waals surface area (Å²) in [5.41, 5.74) is 1.57. The van der Waals surface area contributed by atoms with Crippen molar-refractivity contribution in [3.63, 3.8) is 0 Å². The number of aromatic nitrogens is 2. The van der Waals surface area contributed by atoms with Gasteiger partial charge in [-0.3, -0.25) is 0 Å². The summed E-state index contributed by atoms with van der Waals surface area (Å²) >= 11 is 0. The van der Waals surface area contributed by atoms with Gasteiger partial charge in [-0.25, -0.2) is 26.3 Å². The second-order valence-corrected chi connectivity index (χ2v) is 10.8. The van der Waals surface area contributed by atoms with Crippen LogP contribution in [0.5, 0.6) is 0 Å². The Morgan fingerprint density at radius 1 is 1.13 bits per heavy atom. The summed E-state index contributed by atoms with van der Waals surface area (Å²) in [6.07, 6.45) is 1.11. The van der Waals surface area contributed by atoms with Crippen LogP contribution in [0.4, 0.5) is 0 Å². The summed E-state index contributed by atoms with van der Waals surface area (Å²) < 4.78 is 55.7. The van der Waals surface area contributed by atoms with Gasteiger partial charge in [-0.1, -0.05) is 18.2 Å². The first-order valence-electron chi connectivity index (χ1n) is 9.05. The molecule has 1 aliphatic heterocycles. The Morgan fingerprint density at radius 3 is 2.43 bits per heavy atom. The molecule has 2 aromatic carbocycles. The van der Waals surface area contributed by atoms with Crippen molar-refractivity contribution < 1.29 is 26.4 Å². The number of hydrogen-bond donors (Lipinski definition) is 0. The normalized spacial score (nSPS) is 14.6. The van der Waals surface area contributed by atoms with Crippen LogP contribution in [0.3, 0.4) is 0 Å². The van der Waals surface area contributed by atoms with E-state index in [1.165, 1.54) is 22.9 Å². The highest BCUT2D eigenvalue weighted by Crippen LogP contribution is 2.40. The van der Waals surface area contributed by atoms with Gasteiger partial charge in [0.25, 0.3) is 0 Å². The Balaban J connectivity index is 2.00. The maximum Gasteiger partial charge on any atom is 0.359 e. The highest BCUT2D eigenvalue weighted by atomic mass is 32.2. The molecule has 0 saturated heterocycles. The molecule has 0 fully saturated rings. The fourth-order valence-corrected chi connectivity index (χ4v) is 5.67. The molecule has 4 rings (SSSR count). The van der Waals surface area contributed by atoms with Crippen LogP contribution >= 0.6 is 0 Å². The van der Waals surface area contributed by atoms with Crippen molar-refractivity contribution in [2.75, 3.05) is 12.9 Å². The number of ether oxygens (including phenoxy) is 1. The monoisotopic (exact) mass is 446 g/mol. The molecule has 0 spiro atoms. The first kappa shape index (κ1) is 20.3. The lowest BCUT2D eigenvalue weighted by molar-refractivity contribution is 0.0518. The second kappa shape index (κ2) is 7.06. The van der Waals surface area contributed by atoms with E-state index in [-0.39, 0.29) is 33.4 Å². The summed E-state index contributed by atoms with van der Waals surface area (Å²) in [5.74, 6) is -1.09. The Morgan fingerprint density at radius 2 is 1.80 bits per heavy atom. The van der Waals surface area contributed by atoms with Crippen molar-refractivity contribution in [2.45, 2.75) is 22.5 Å². The minimum Gasteiger partial charge on any atom is -0.461 e. The molecule has 1 aliphatic rings. The average Bonchev–Trinajstić information content (AvgIpc) is 3.06. The van der Waals surface area contributed by atoms with Crippen molar-refractivity contribution in [1.82, 2.24) is 9.78 Å². The number of rotatable bonds is 4. The standard InChI is InChI=1S/C20H18N2O6S2/c1-3-28-20(23)18-16-12-30(26,27)17-7-5-4-6-15(17)19(16)22(21-18)13-8-10-14(11-9-13)29(2,24)25/h4-11H,3,12H2,1-2H3. The number of sulfone groups is 2. The number of esters is 1. The van der Waals surface area contributed by atoms with Crippen molar-refractivity contribution in [2.24, 2.45) is 0 Å². The van der Waals surface area contributed by atoms with Gasteiger partial charge in [0.15, 0.2) is 25.4 Å². The maximum absolute atomic E-state index is 12.8. The molecule has 0 bridgehead atoms. The predicted octanol–water partition coefficient (Wildman–Crippen LogP) is 2.41. The van der Waals surface area contributed by atoms with E-state index < -0.39 is 25.6 Å². The van der Waals surface area contributed by atoms with Gasteiger partial charge in [-0.2, -0.15) is 5.10 Å². The zero-order chi connectivity index (χ0) is 21.7. The summed E-state index contributed by atoms with van der Waals surface area (Å²) in [6, 6.07) is 12.5. The van der Waals surface area contributed by atoms with Crippen LogP contribution in [0.1, 0.15) is 23.0 Å². The molecule has 0 saturated carbocycles. The largest absolute Gasteiger partial charge is 0.461 e. The van der Waals surface area contributed by atoms with Gasteiger partial charge in [0.2, 0.25) is 0 Å². The minimum atomic E-state index is -3.66. The molecule has 0 aliphatic carbocycles. The van der Waals surface area contributed by atoms with E-state index in [0.717, 1.165) is 6.26 Å². The molecule has 30 heavy (non-hydrogen) atoms. The minimum absolute atomic E-state index is 0.0721. The van der Waals surface area contributed by atoms with Crippen LogP contribution in [0.2, 0.25) is 0 Å². The molecule has 8 nitrogen and oxygen atoms in total. The first-order valence-corrected chi connectivity index (χ1v) is 12.6. The van der Waals surface area contributed by atoms with Crippen molar-refractivity contribution >= 4 is 25.6 Å². The van der Waals surface area contributed by atoms with Crippen LogP contribution in [0, 0.1) is 0 Å². The third-order valence-electron chi connectivity index (χ3n) is 4.77. The zero-order valence-corrected chi connectivity index (χ0v) is 17.8. The Bertz CT molecular complexity index is 1370. The summed E-state index contributed by atoms with van der Waals surface area (Å²) in [6.45, 7) is 1.77. The quantitative estimate of drug-likeness (QED) is 0.566. The number of carbonyl (C=O) groups is 1. The van der Waals surface area contributed by atoms with E-state index in [1.807, 2.05) is 0 Å². The molecule has 156 valence electrons. The van der Waals surface area contributed by atoms with Gasteiger partial charge < -0.3 is 4.74 Å². The van der Waals surface area contributed by atoms with Gasteiger partial charge in [-0.05, 0) is 37.3 Å². The molecule has 0 radical (unpaired) electrons. The third kappa shape index (κ3) is 3.31. The number of carbonyl (C=O) groups excluding carboxylic acids is 1. The topological polar surface area (TPSA) is 112 Å². The molecule has 0 unspecified atom stereocenters. The van der Waals surface area contributed by atoms with Crippen LogP contribution < -0.4 is 0 Å². The first-order chi connectivity index (χ1) is 14.1. The van der Waals surface area contributed by atoms with Crippen LogP contribution in [0.25, 0.3) is 16.9 Å². The van der Waals surface area contributed by atoms with Gasteiger partial charge in [0.1, 0.15) is 0 Å². The molecular weight excluding hydrogens is 428 g/mol. The molecule has 2 heterocycles. The molecule has 3 aromatic rings. The van der Waals surface area contributed by atoms with E-state index in [4.69, 9.17) is 4.74 Å². The third-order valence-corrected chi connectivity index (χ3v) is 7.60. The van der Waals surface area contributed by atoms with Gasteiger partial charge in [0, 0.05) is 17.4 Å². The zero-order valence-electron chi connectivity index (χ0n) is 16.2. The van der Waals surface area contributed by atoms with E-state index in [2.05, 4.69) is 5.10 Å². The molecule has 0 N–H and O–H groups in total. The molecule has 0 atom stereocenters. The van der Waals surface area contributed by atoms with Crippen LogP contribution in [0.15, 0.2) is 58.3 Å². The van der Waals surface area contributed by atoms with Gasteiger partial charge >= 0.3 is 5.97 Å². The number of benzene rings is 2. The van der Waals surface area contributed by atoms with Gasteiger partial charge in [0.05, 0.1) is 33.5 Å². The van der Waals surface area contributed by atoms with Crippen molar-refractivity contribution in [3.05, 3.63) is 59.8 Å². The summed E-state index contributed by atoms with van der Waals surface area (Å²) in [4.78, 5) is 12.8. The molecule has 10 heteroatoms. The fraction of sp³-hybridized carbons (Fsp3) is 0.200. The Labute approximate surface area is 173 Å². The number of hydrogen-bond acceptors (Lipinski definition) is 7. The highest BCUT2D eigenvalue weighted by Gasteiger charge is 2.36. The summed E-state index contributed by atoms with van der Waals surface area (Å²) in [5, 5.41) is 4.37. The average molecular weight is 447 g/mol. The van der Waals surface area contributed by atoms with E-state index in [9.17, 15) is 21.6 Å². The SMILES string of the molecule is CCOC(=O)c1nn(-c2ccc(S(C)(=O)=O)cc2)c2c1CS(=O)(=O)c1ccccc1-2. The predicted molar refractivity (Wildman–Crippen MR) is 109 cm³/mol. The smallest absolute Gasteiger partial charge is 0.359 e. The van der Waals surface area contributed by atoms with Crippen LogP contribution in [-0.2, 0) is 30.2 Å². The molecule has 1 aromatic heterocycles. The maximum atomic E-state index is 12.8. The number of fused-ring (bicyclic) bond motifs is 3. The Kier molecular flexibility index (Phi) is 4.78. The highest BCUT2D eigenvalue weighted by molar-refractivity contribution is 7.91. The lowest BCUT2D eigenvalue weighted by Crippen LogP contribution is -2.16. The van der Waals surface area contributed by atoms with E-state index in [1.54, 1.807) is 37.3 Å². The van der Waals surface area contributed by atoms with Crippen molar-refractivity contribution in [1.29, 1.82) is 0 Å². The molecule has 0 amide bonds. The lowest BCUT2D eigenvalue weighted by Gasteiger charge is -2.19. The van der Waals surface area contributed by atoms with Crippen LogP contribution in [-0.4, -0.2) is 45.4 Å². The fourth-order valence-electron chi connectivity index (χ4n) is 3.45. The Hall–Kier alpha value is -2.98. The summed E-state index contributed by atoms with van der Waals surface area (Å²) in [7, 11) is -7.04. The van der Waals surface area contributed by atoms with E-state index in [0.29, 0.717) is 16.9 Å². The molecular formula is C20H18N2O6S2. The second-order valence-electron chi connectivity index (χ2n) is 6.83. The van der Waals surface area contributed by atoms with E-state index >= 15 is 0 Å². The van der Waals surface area contributed by atoms with Gasteiger partial charge in [-0.15, -0.1) is 0 Å². The lowest BCUT2D eigenvalue weighted by atomic mass is 10.1.